The molecule has 0 aliphatic heterocycles. The zero-order valence-electron chi connectivity index (χ0n) is 13.2. The Hall–Kier alpha value is -2.59. The fourth-order valence-corrected chi connectivity index (χ4v) is 2.77. The average molecular weight is 343 g/mol. The van der Waals surface area contributed by atoms with E-state index < -0.39 is 11.9 Å². The quantitative estimate of drug-likeness (QED) is 0.754. The molecule has 0 fully saturated rings. The molecule has 0 amide bonds. The van der Waals surface area contributed by atoms with Crippen LogP contribution < -0.4 is 5.43 Å². The van der Waals surface area contributed by atoms with Crippen molar-refractivity contribution in [1.82, 2.24) is 0 Å². The van der Waals surface area contributed by atoms with Gasteiger partial charge in [0.05, 0.1) is 11.3 Å². The number of benzene rings is 2. The highest BCUT2D eigenvalue weighted by Gasteiger charge is 2.20. The maximum absolute atomic E-state index is 12.5. The molecule has 0 saturated carbocycles. The molecule has 0 saturated heterocycles. The van der Waals surface area contributed by atoms with Crippen molar-refractivity contribution in [2.45, 2.75) is 19.8 Å². The van der Waals surface area contributed by atoms with Crippen molar-refractivity contribution >= 4 is 28.5 Å². The number of fused-ring (bicyclic) bond motifs is 1. The summed E-state index contributed by atoms with van der Waals surface area (Å²) in [5.41, 5.74) is 2.12. The SMILES string of the molecule is Cc1cc(C(C)C(=O)O)c2oc(-c3ccc(Cl)cc3)cc(=O)c2c1. The average Bonchev–Trinajstić information content (AvgIpc) is 2.54. The highest BCUT2D eigenvalue weighted by atomic mass is 35.5. The van der Waals surface area contributed by atoms with Crippen molar-refractivity contribution in [3.63, 3.8) is 0 Å². The molecule has 1 atom stereocenters. The van der Waals surface area contributed by atoms with Gasteiger partial charge in [-0.2, -0.15) is 0 Å². The Morgan fingerprint density at radius 1 is 1.17 bits per heavy atom. The number of aryl methyl sites for hydroxylation is 1. The molecule has 1 heterocycles. The van der Waals surface area contributed by atoms with Gasteiger partial charge in [0.15, 0.2) is 5.43 Å². The standard InChI is InChI=1S/C19H15ClO4/c1-10-7-14(11(2)19(22)23)18-15(8-10)16(21)9-17(24-18)12-3-5-13(20)6-4-12/h3-9,11H,1-2H3,(H,22,23). The number of halogens is 1. The number of hydrogen-bond acceptors (Lipinski definition) is 3. The number of carboxylic acid groups (broad SMARTS) is 1. The van der Waals surface area contributed by atoms with Gasteiger partial charge in [-0.05, 0) is 49.7 Å². The maximum atomic E-state index is 12.5. The highest BCUT2D eigenvalue weighted by Crippen LogP contribution is 2.30. The summed E-state index contributed by atoms with van der Waals surface area (Å²) in [4.78, 5) is 23.9. The van der Waals surface area contributed by atoms with Gasteiger partial charge in [0.1, 0.15) is 11.3 Å². The minimum absolute atomic E-state index is 0.205. The van der Waals surface area contributed by atoms with E-state index in [-0.39, 0.29) is 5.43 Å². The molecule has 3 aromatic rings. The summed E-state index contributed by atoms with van der Waals surface area (Å²) in [6.07, 6.45) is 0. The van der Waals surface area contributed by atoms with Crippen LogP contribution in [0.25, 0.3) is 22.3 Å². The topological polar surface area (TPSA) is 67.5 Å². The van der Waals surface area contributed by atoms with Crippen LogP contribution in [0, 0.1) is 6.92 Å². The molecule has 1 unspecified atom stereocenters. The third-order valence-electron chi connectivity index (χ3n) is 3.97. The van der Waals surface area contributed by atoms with Crippen LogP contribution in [0.1, 0.15) is 24.0 Å². The third-order valence-corrected chi connectivity index (χ3v) is 4.22. The Kier molecular flexibility index (Phi) is 4.16. The lowest BCUT2D eigenvalue weighted by Crippen LogP contribution is -2.10. The van der Waals surface area contributed by atoms with Gasteiger partial charge >= 0.3 is 5.97 Å². The Morgan fingerprint density at radius 3 is 2.46 bits per heavy atom. The summed E-state index contributed by atoms with van der Waals surface area (Å²) in [5, 5.41) is 10.3. The number of carbonyl (C=O) groups is 1. The third kappa shape index (κ3) is 2.93. The molecule has 1 aromatic heterocycles. The smallest absolute Gasteiger partial charge is 0.310 e. The van der Waals surface area contributed by atoms with Crippen LogP contribution in [0.5, 0.6) is 0 Å². The molecule has 0 spiro atoms. The lowest BCUT2D eigenvalue weighted by Gasteiger charge is -2.12. The normalized spacial score (nSPS) is 12.3. The van der Waals surface area contributed by atoms with Crippen LogP contribution in [0.3, 0.4) is 0 Å². The van der Waals surface area contributed by atoms with E-state index in [2.05, 4.69) is 0 Å². The van der Waals surface area contributed by atoms with Crippen molar-refractivity contribution in [2.24, 2.45) is 0 Å². The molecule has 0 aliphatic carbocycles. The van der Waals surface area contributed by atoms with Gasteiger partial charge in [0.25, 0.3) is 0 Å². The highest BCUT2D eigenvalue weighted by molar-refractivity contribution is 6.30. The predicted octanol–water partition coefficient (Wildman–Crippen LogP) is 4.61. The summed E-state index contributed by atoms with van der Waals surface area (Å²) in [6, 6.07) is 11.8. The van der Waals surface area contributed by atoms with Crippen molar-refractivity contribution in [2.75, 3.05) is 0 Å². The second kappa shape index (κ2) is 6.13. The molecule has 0 bridgehead atoms. The Bertz CT molecular complexity index is 987. The molecule has 122 valence electrons. The van der Waals surface area contributed by atoms with Crippen molar-refractivity contribution < 1.29 is 14.3 Å². The van der Waals surface area contributed by atoms with E-state index in [0.717, 1.165) is 5.56 Å². The molecular formula is C19H15ClO4. The first-order valence-electron chi connectivity index (χ1n) is 7.44. The number of carboxylic acids is 1. The van der Waals surface area contributed by atoms with E-state index in [0.29, 0.717) is 32.9 Å². The fourth-order valence-electron chi connectivity index (χ4n) is 2.65. The van der Waals surface area contributed by atoms with Crippen molar-refractivity contribution in [1.29, 1.82) is 0 Å². The summed E-state index contributed by atoms with van der Waals surface area (Å²) in [7, 11) is 0. The first kappa shape index (κ1) is 16.3. The molecule has 0 radical (unpaired) electrons. The van der Waals surface area contributed by atoms with Crippen molar-refractivity contribution in [3.8, 4) is 11.3 Å². The number of rotatable bonds is 3. The van der Waals surface area contributed by atoms with Gasteiger partial charge < -0.3 is 9.52 Å². The van der Waals surface area contributed by atoms with Gasteiger partial charge in [-0.3, -0.25) is 9.59 Å². The molecule has 0 aliphatic rings. The molecule has 24 heavy (non-hydrogen) atoms. The Morgan fingerprint density at radius 2 is 1.83 bits per heavy atom. The monoisotopic (exact) mass is 342 g/mol. The zero-order chi connectivity index (χ0) is 17.4. The number of hydrogen-bond donors (Lipinski definition) is 1. The first-order chi connectivity index (χ1) is 11.4. The molecule has 5 heteroatoms. The van der Waals surface area contributed by atoms with Crippen LogP contribution in [-0.2, 0) is 4.79 Å². The molecule has 1 N–H and O–H groups in total. The van der Waals surface area contributed by atoms with Crippen LogP contribution in [0.2, 0.25) is 5.02 Å². The minimum atomic E-state index is -0.971. The van der Waals surface area contributed by atoms with Gasteiger partial charge in [-0.1, -0.05) is 17.7 Å². The van der Waals surface area contributed by atoms with Gasteiger partial charge in [0, 0.05) is 22.2 Å². The summed E-state index contributed by atoms with van der Waals surface area (Å²) in [6.45, 7) is 3.40. The van der Waals surface area contributed by atoms with E-state index in [4.69, 9.17) is 16.0 Å². The largest absolute Gasteiger partial charge is 0.481 e. The lowest BCUT2D eigenvalue weighted by atomic mass is 9.96. The molecule has 3 rings (SSSR count). The summed E-state index contributed by atoms with van der Waals surface area (Å²) < 4.78 is 5.92. The lowest BCUT2D eigenvalue weighted by molar-refractivity contribution is -0.138. The first-order valence-corrected chi connectivity index (χ1v) is 7.82. The van der Waals surface area contributed by atoms with E-state index in [9.17, 15) is 14.7 Å². The summed E-state index contributed by atoms with van der Waals surface area (Å²) >= 11 is 5.89. The van der Waals surface area contributed by atoms with E-state index in [1.807, 2.05) is 6.92 Å². The van der Waals surface area contributed by atoms with Gasteiger partial charge in [0.2, 0.25) is 0 Å². The van der Waals surface area contributed by atoms with Crippen LogP contribution in [0.15, 0.2) is 51.7 Å². The summed E-state index contributed by atoms with van der Waals surface area (Å²) in [5.74, 6) is -1.37. The molecule has 4 nitrogen and oxygen atoms in total. The van der Waals surface area contributed by atoms with E-state index >= 15 is 0 Å². The fraction of sp³-hybridized carbons (Fsp3) is 0.158. The maximum Gasteiger partial charge on any atom is 0.310 e. The second-order valence-electron chi connectivity index (χ2n) is 5.77. The van der Waals surface area contributed by atoms with E-state index in [1.165, 1.54) is 6.07 Å². The second-order valence-corrected chi connectivity index (χ2v) is 6.21. The van der Waals surface area contributed by atoms with Crippen LogP contribution >= 0.6 is 11.6 Å². The molecule has 2 aromatic carbocycles. The Labute approximate surface area is 143 Å². The molecular weight excluding hydrogens is 328 g/mol. The van der Waals surface area contributed by atoms with Gasteiger partial charge in [-0.25, -0.2) is 0 Å². The number of aliphatic carboxylic acids is 1. The van der Waals surface area contributed by atoms with Crippen LogP contribution in [0.4, 0.5) is 0 Å². The predicted molar refractivity (Wildman–Crippen MR) is 93.7 cm³/mol. The zero-order valence-corrected chi connectivity index (χ0v) is 13.9. The van der Waals surface area contributed by atoms with E-state index in [1.54, 1.807) is 43.3 Å². The van der Waals surface area contributed by atoms with Gasteiger partial charge in [-0.15, -0.1) is 0 Å². The van der Waals surface area contributed by atoms with Crippen molar-refractivity contribution in [3.05, 3.63) is 68.8 Å². The van der Waals surface area contributed by atoms with Crippen LogP contribution in [-0.4, -0.2) is 11.1 Å². The Balaban J connectivity index is 2.31. The minimum Gasteiger partial charge on any atom is -0.481 e.